The van der Waals surface area contributed by atoms with Gasteiger partial charge < -0.3 is 4.74 Å². The predicted octanol–water partition coefficient (Wildman–Crippen LogP) is 4.31. The van der Waals surface area contributed by atoms with Crippen LogP contribution in [0.25, 0.3) is 10.9 Å². The van der Waals surface area contributed by atoms with E-state index in [9.17, 15) is 13.2 Å². The molecule has 7 heteroatoms. The summed E-state index contributed by atoms with van der Waals surface area (Å²) in [4.78, 5) is 7.48. The van der Waals surface area contributed by atoms with Crippen molar-refractivity contribution in [2.24, 2.45) is 0 Å². The number of ether oxygens (including phenoxy) is 1. The molecule has 0 fully saturated rings. The Morgan fingerprint density at radius 1 is 1.04 bits per heavy atom. The van der Waals surface area contributed by atoms with Crippen LogP contribution in [0, 0.1) is 11.3 Å². The van der Waals surface area contributed by atoms with E-state index >= 15 is 0 Å². The van der Waals surface area contributed by atoms with E-state index in [1.165, 1.54) is 6.07 Å². The molecule has 0 spiro atoms. The monoisotopic (exact) mass is 315 g/mol. The van der Waals surface area contributed by atoms with Crippen LogP contribution in [0.4, 0.5) is 13.2 Å². The average molecular weight is 315 g/mol. The summed E-state index contributed by atoms with van der Waals surface area (Å²) in [6.45, 7) is 0. The van der Waals surface area contributed by atoms with E-state index in [0.717, 1.165) is 12.3 Å². The van der Waals surface area contributed by atoms with Gasteiger partial charge in [0.25, 0.3) is 0 Å². The molecule has 3 rings (SSSR count). The lowest BCUT2D eigenvalue weighted by molar-refractivity contribution is -0.141. The molecule has 0 aliphatic heterocycles. The van der Waals surface area contributed by atoms with Crippen LogP contribution in [-0.4, -0.2) is 9.97 Å². The molecule has 0 atom stereocenters. The second-order valence-corrected chi connectivity index (χ2v) is 4.60. The maximum absolute atomic E-state index is 12.5. The predicted molar refractivity (Wildman–Crippen MR) is 75.8 cm³/mol. The fourth-order valence-electron chi connectivity index (χ4n) is 2.06. The quantitative estimate of drug-likeness (QED) is 0.707. The average Bonchev–Trinajstić information content (AvgIpc) is 2.55. The molecule has 2 heterocycles. The molecule has 114 valence electrons. The molecule has 0 saturated carbocycles. The van der Waals surface area contributed by atoms with E-state index in [2.05, 4.69) is 9.97 Å². The van der Waals surface area contributed by atoms with Gasteiger partial charge in [-0.15, -0.1) is 0 Å². The van der Waals surface area contributed by atoms with E-state index in [-0.39, 0.29) is 5.75 Å². The third kappa shape index (κ3) is 2.92. The standard InChI is InChI=1S/C16H8F3N3O/c17-16(18,19)14-6-4-11(9-22-14)23-13-5-3-10(8-20)15-12(13)2-1-7-21-15/h1-7,9H. The first-order valence-corrected chi connectivity index (χ1v) is 6.48. The lowest BCUT2D eigenvalue weighted by Gasteiger charge is -2.10. The molecule has 0 aliphatic rings. The number of hydrogen-bond acceptors (Lipinski definition) is 4. The summed E-state index contributed by atoms with van der Waals surface area (Å²) in [5, 5.41) is 9.66. The van der Waals surface area contributed by atoms with Crippen LogP contribution in [0.15, 0.2) is 48.8 Å². The van der Waals surface area contributed by atoms with Crippen molar-refractivity contribution < 1.29 is 17.9 Å². The van der Waals surface area contributed by atoms with Crippen molar-refractivity contribution in [2.45, 2.75) is 6.18 Å². The summed E-state index contributed by atoms with van der Waals surface area (Å²) in [7, 11) is 0. The number of nitrogens with zero attached hydrogens (tertiary/aromatic N) is 3. The Hall–Kier alpha value is -3.14. The van der Waals surface area contributed by atoms with Crippen LogP contribution in [0.3, 0.4) is 0 Å². The van der Waals surface area contributed by atoms with Crippen molar-refractivity contribution in [1.29, 1.82) is 5.26 Å². The number of rotatable bonds is 2. The number of fused-ring (bicyclic) bond motifs is 1. The highest BCUT2D eigenvalue weighted by Gasteiger charge is 2.32. The lowest BCUT2D eigenvalue weighted by atomic mass is 10.1. The Balaban J connectivity index is 1.98. The summed E-state index contributed by atoms with van der Waals surface area (Å²) in [5.41, 5.74) is -0.137. The molecule has 3 aromatic rings. The highest BCUT2D eigenvalue weighted by molar-refractivity contribution is 5.89. The van der Waals surface area contributed by atoms with Crippen LogP contribution in [-0.2, 0) is 6.18 Å². The first-order valence-electron chi connectivity index (χ1n) is 6.48. The molecule has 0 bridgehead atoms. The molecule has 0 amide bonds. The van der Waals surface area contributed by atoms with Gasteiger partial charge in [-0.2, -0.15) is 18.4 Å². The number of pyridine rings is 2. The van der Waals surface area contributed by atoms with E-state index in [4.69, 9.17) is 10.00 Å². The summed E-state index contributed by atoms with van der Waals surface area (Å²) < 4.78 is 43.1. The van der Waals surface area contributed by atoms with Crippen LogP contribution in [0.2, 0.25) is 0 Å². The van der Waals surface area contributed by atoms with Gasteiger partial charge in [0.05, 0.1) is 17.3 Å². The van der Waals surface area contributed by atoms with E-state index in [1.54, 1.807) is 30.5 Å². The summed E-state index contributed by atoms with van der Waals surface area (Å²) in [6.07, 6.45) is -1.94. The van der Waals surface area contributed by atoms with E-state index in [0.29, 0.717) is 22.2 Å². The normalized spacial score (nSPS) is 11.2. The molecule has 4 nitrogen and oxygen atoms in total. The van der Waals surface area contributed by atoms with Crippen molar-refractivity contribution in [3.05, 3.63) is 60.0 Å². The Morgan fingerprint density at radius 2 is 1.87 bits per heavy atom. The Kier molecular flexibility index (Phi) is 3.58. The highest BCUT2D eigenvalue weighted by Crippen LogP contribution is 2.32. The van der Waals surface area contributed by atoms with Crippen molar-refractivity contribution in [1.82, 2.24) is 9.97 Å². The Bertz CT molecular complexity index is 899. The van der Waals surface area contributed by atoms with Gasteiger partial charge in [-0.05, 0) is 36.4 Å². The topological polar surface area (TPSA) is 58.8 Å². The molecule has 0 radical (unpaired) electrons. The summed E-state index contributed by atoms with van der Waals surface area (Å²) >= 11 is 0. The van der Waals surface area contributed by atoms with E-state index < -0.39 is 11.9 Å². The van der Waals surface area contributed by atoms with Gasteiger partial charge in [0.15, 0.2) is 0 Å². The zero-order chi connectivity index (χ0) is 16.4. The first-order chi connectivity index (χ1) is 11.0. The van der Waals surface area contributed by atoms with Crippen molar-refractivity contribution in [2.75, 3.05) is 0 Å². The van der Waals surface area contributed by atoms with Crippen molar-refractivity contribution in [3.63, 3.8) is 0 Å². The van der Waals surface area contributed by atoms with Gasteiger partial charge in [0.2, 0.25) is 0 Å². The minimum atomic E-state index is -4.50. The third-order valence-electron chi connectivity index (χ3n) is 3.10. The minimum absolute atomic E-state index is 0.160. The Labute approximate surface area is 128 Å². The van der Waals surface area contributed by atoms with Gasteiger partial charge in [-0.3, -0.25) is 4.98 Å². The lowest BCUT2D eigenvalue weighted by Crippen LogP contribution is -2.07. The smallest absolute Gasteiger partial charge is 0.433 e. The van der Waals surface area contributed by atoms with Crippen molar-refractivity contribution >= 4 is 10.9 Å². The highest BCUT2D eigenvalue weighted by atomic mass is 19.4. The fraction of sp³-hybridized carbons (Fsp3) is 0.0625. The summed E-state index contributed by atoms with van der Waals surface area (Å²) in [6, 6.07) is 10.6. The fourth-order valence-corrected chi connectivity index (χ4v) is 2.06. The molecular weight excluding hydrogens is 307 g/mol. The minimum Gasteiger partial charge on any atom is -0.455 e. The number of benzene rings is 1. The number of halogens is 3. The van der Waals surface area contributed by atoms with Gasteiger partial charge in [0, 0.05) is 11.6 Å². The van der Waals surface area contributed by atoms with Crippen molar-refractivity contribution in [3.8, 4) is 17.6 Å². The van der Waals surface area contributed by atoms with E-state index in [1.807, 2.05) is 6.07 Å². The Morgan fingerprint density at radius 3 is 2.52 bits per heavy atom. The second kappa shape index (κ2) is 5.57. The number of nitriles is 1. The second-order valence-electron chi connectivity index (χ2n) is 4.60. The first kappa shape index (κ1) is 14.8. The number of aromatic nitrogens is 2. The van der Waals surface area contributed by atoms with Gasteiger partial charge >= 0.3 is 6.18 Å². The molecule has 2 aromatic heterocycles. The van der Waals surface area contributed by atoms with Crippen LogP contribution in [0.1, 0.15) is 11.3 Å². The molecule has 0 saturated heterocycles. The maximum atomic E-state index is 12.5. The molecule has 0 aliphatic carbocycles. The molecule has 0 unspecified atom stereocenters. The summed E-state index contributed by atoms with van der Waals surface area (Å²) in [5.74, 6) is 0.543. The van der Waals surface area contributed by atoms with Crippen LogP contribution >= 0.6 is 0 Å². The zero-order valence-corrected chi connectivity index (χ0v) is 11.5. The van der Waals surface area contributed by atoms with Gasteiger partial charge in [-0.1, -0.05) is 0 Å². The van der Waals surface area contributed by atoms with Gasteiger partial charge in [-0.25, -0.2) is 4.98 Å². The van der Waals surface area contributed by atoms with Crippen LogP contribution < -0.4 is 4.74 Å². The van der Waals surface area contributed by atoms with Gasteiger partial charge in [0.1, 0.15) is 23.3 Å². The largest absolute Gasteiger partial charge is 0.455 e. The molecule has 23 heavy (non-hydrogen) atoms. The molecule has 0 N–H and O–H groups in total. The third-order valence-corrected chi connectivity index (χ3v) is 3.10. The number of alkyl halides is 3. The number of hydrogen-bond donors (Lipinski definition) is 0. The SMILES string of the molecule is N#Cc1ccc(Oc2ccc(C(F)(F)F)nc2)c2cccnc12. The van der Waals surface area contributed by atoms with Crippen LogP contribution in [0.5, 0.6) is 11.5 Å². The molecular formula is C16H8F3N3O. The zero-order valence-electron chi connectivity index (χ0n) is 11.5. The molecule has 1 aromatic carbocycles. The maximum Gasteiger partial charge on any atom is 0.433 e.